The lowest BCUT2D eigenvalue weighted by molar-refractivity contribution is 0.465. The van der Waals surface area contributed by atoms with Crippen molar-refractivity contribution in [3.8, 4) is 5.75 Å². The number of nitrogens with one attached hydrogen (secondary N) is 1. The second-order valence-electron chi connectivity index (χ2n) is 3.73. The predicted molar refractivity (Wildman–Crippen MR) is 74.5 cm³/mol. The number of para-hydroxylation sites is 1. The Hall–Kier alpha value is -1.26. The first-order valence-electron chi connectivity index (χ1n) is 5.23. The van der Waals surface area contributed by atoms with E-state index in [-0.39, 0.29) is 11.6 Å². The van der Waals surface area contributed by atoms with Gasteiger partial charge in [-0.3, -0.25) is 0 Å². The Morgan fingerprint density at radius 2 is 2.06 bits per heavy atom. The van der Waals surface area contributed by atoms with Gasteiger partial charge in [-0.15, -0.1) is 0 Å². The molecule has 0 saturated heterocycles. The first-order valence-corrected chi connectivity index (χ1v) is 6.40. The monoisotopic (exact) mass is 329 g/mol. The number of aromatic hydroxyl groups is 1. The van der Waals surface area contributed by atoms with Gasteiger partial charge in [-0.2, -0.15) is 0 Å². The fourth-order valence-corrected chi connectivity index (χ4v) is 2.17. The highest BCUT2D eigenvalue weighted by atomic mass is 79.9. The minimum absolute atomic E-state index is 0.184. The highest BCUT2D eigenvalue weighted by molar-refractivity contribution is 9.10. The predicted octanol–water partition coefficient (Wildman–Crippen LogP) is 4.56. The van der Waals surface area contributed by atoms with Gasteiger partial charge >= 0.3 is 0 Å². The number of halogens is 3. The van der Waals surface area contributed by atoms with E-state index in [1.54, 1.807) is 18.2 Å². The van der Waals surface area contributed by atoms with Gasteiger partial charge in [0.2, 0.25) is 0 Å². The molecule has 0 heterocycles. The van der Waals surface area contributed by atoms with Gasteiger partial charge in [-0.05, 0) is 40.2 Å². The van der Waals surface area contributed by atoms with Crippen molar-refractivity contribution in [2.75, 3.05) is 5.32 Å². The Kier molecular flexibility index (Phi) is 4.09. The number of benzene rings is 2. The zero-order chi connectivity index (χ0) is 13.1. The minimum atomic E-state index is -0.379. The summed E-state index contributed by atoms with van der Waals surface area (Å²) < 4.78 is 13.5. The van der Waals surface area contributed by atoms with E-state index >= 15 is 0 Å². The average Bonchev–Trinajstić information content (AvgIpc) is 2.33. The lowest BCUT2D eigenvalue weighted by atomic mass is 10.2. The van der Waals surface area contributed by atoms with Crippen LogP contribution in [0, 0.1) is 5.82 Å². The maximum Gasteiger partial charge on any atom is 0.134 e. The highest BCUT2D eigenvalue weighted by Crippen LogP contribution is 2.29. The summed E-state index contributed by atoms with van der Waals surface area (Å²) in [6.07, 6.45) is 0. The van der Waals surface area contributed by atoms with Gasteiger partial charge < -0.3 is 10.4 Å². The SMILES string of the molecule is Oc1c(Br)cccc1CNc1ccc(F)cc1Cl. The number of rotatable bonds is 3. The van der Waals surface area contributed by atoms with E-state index in [1.165, 1.54) is 12.1 Å². The van der Waals surface area contributed by atoms with Gasteiger partial charge in [-0.1, -0.05) is 23.7 Å². The summed E-state index contributed by atoms with van der Waals surface area (Å²) in [5, 5.41) is 13.2. The van der Waals surface area contributed by atoms with E-state index in [0.29, 0.717) is 21.7 Å². The Bertz CT molecular complexity index is 577. The molecule has 94 valence electrons. The normalized spacial score (nSPS) is 10.4. The third kappa shape index (κ3) is 2.94. The first kappa shape index (κ1) is 13.2. The molecule has 0 spiro atoms. The fraction of sp³-hybridized carbons (Fsp3) is 0.0769. The Labute approximate surface area is 118 Å². The molecule has 2 N–H and O–H groups in total. The van der Waals surface area contributed by atoms with Crippen molar-refractivity contribution in [3.05, 3.63) is 57.3 Å². The maximum atomic E-state index is 12.9. The largest absolute Gasteiger partial charge is 0.506 e. The van der Waals surface area contributed by atoms with E-state index in [0.717, 1.165) is 5.56 Å². The second kappa shape index (κ2) is 5.59. The van der Waals surface area contributed by atoms with Crippen molar-refractivity contribution in [1.82, 2.24) is 0 Å². The van der Waals surface area contributed by atoms with Crippen molar-refractivity contribution >= 4 is 33.2 Å². The summed E-state index contributed by atoms with van der Waals surface area (Å²) in [7, 11) is 0. The van der Waals surface area contributed by atoms with Crippen LogP contribution in [0.4, 0.5) is 10.1 Å². The number of anilines is 1. The molecule has 0 aromatic heterocycles. The van der Waals surface area contributed by atoms with Crippen molar-refractivity contribution in [2.45, 2.75) is 6.54 Å². The molecule has 2 nitrogen and oxygen atoms in total. The van der Waals surface area contributed by atoms with Gasteiger partial charge in [0, 0.05) is 12.1 Å². The molecular weight excluding hydrogens is 321 g/mol. The van der Waals surface area contributed by atoms with Gasteiger partial charge in [0.25, 0.3) is 0 Å². The Morgan fingerprint density at radius 1 is 1.28 bits per heavy atom. The quantitative estimate of drug-likeness (QED) is 0.864. The molecule has 0 saturated carbocycles. The molecule has 0 bridgehead atoms. The van der Waals surface area contributed by atoms with E-state index in [9.17, 15) is 9.50 Å². The van der Waals surface area contributed by atoms with Gasteiger partial charge in [0.15, 0.2) is 0 Å². The summed E-state index contributed by atoms with van der Waals surface area (Å²) in [6, 6.07) is 9.51. The van der Waals surface area contributed by atoms with E-state index in [2.05, 4.69) is 21.2 Å². The third-order valence-electron chi connectivity index (χ3n) is 2.47. The molecule has 2 rings (SSSR count). The molecule has 0 aliphatic carbocycles. The zero-order valence-corrected chi connectivity index (χ0v) is 11.6. The standard InChI is InChI=1S/C13H10BrClFNO/c14-10-3-1-2-8(13(10)18)7-17-12-5-4-9(16)6-11(12)15/h1-6,17-18H,7H2. The molecule has 0 aliphatic rings. The highest BCUT2D eigenvalue weighted by Gasteiger charge is 2.06. The molecule has 0 radical (unpaired) electrons. The number of phenolic OH excluding ortho intramolecular Hbond substituents is 1. The summed E-state index contributed by atoms with van der Waals surface area (Å²) in [5.41, 5.74) is 1.35. The maximum absolute atomic E-state index is 12.9. The molecule has 0 amide bonds. The average molecular weight is 331 g/mol. The van der Waals surface area contributed by atoms with E-state index in [4.69, 9.17) is 11.6 Å². The Morgan fingerprint density at radius 3 is 2.78 bits per heavy atom. The zero-order valence-electron chi connectivity index (χ0n) is 9.25. The smallest absolute Gasteiger partial charge is 0.134 e. The van der Waals surface area contributed by atoms with Crippen LogP contribution in [-0.4, -0.2) is 5.11 Å². The van der Waals surface area contributed by atoms with Crippen molar-refractivity contribution in [1.29, 1.82) is 0 Å². The van der Waals surface area contributed by atoms with Gasteiger partial charge in [0.1, 0.15) is 11.6 Å². The van der Waals surface area contributed by atoms with Crippen LogP contribution in [0.3, 0.4) is 0 Å². The molecule has 18 heavy (non-hydrogen) atoms. The van der Waals surface area contributed by atoms with E-state index in [1.807, 2.05) is 6.07 Å². The lowest BCUT2D eigenvalue weighted by Gasteiger charge is -2.10. The van der Waals surface area contributed by atoms with Crippen LogP contribution in [0.5, 0.6) is 5.75 Å². The van der Waals surface area contributed by atoms with Gasteiger partial charge in [-0.25, -0.2) is 4.39 Å². The molecule has 0 fully saturated rings. The number of phenols is 1. The fourth-order valence-electron chi connectivity index (χ4n) is 1.53. The van der Waals surface area contributed by atoms with Crippen LogP contribution in [0.15, 0.2) is 40.9 Å². The molecule has 2 aromatic carbocycles. The first-order chi connectivity index (χ1) is 8.58. The molecule has 0 unspecified atom stereocenters. The number of hydrogen-bond acceptors (Lipinski definition) is 2. The van der Waals surface area contributed by atoms with Crippen LogP contribution in [-0.2, 0) is 6.54 Å². The molecule has 0 atom stereocenters. The summed E-state index contributed by atoms with van der Waals surface area (Å²) >= 11 is 9.14. The minimum Gasteiger partial charge on any atom is -0.506 e. The molecular formula is C13H10BrClFNO. The molecule has 0 aliphatic heterocycles. The summed E-state index contributed by atoms with van der Waals surface area (Å²) in [6.45, 7) is 0.399. The topological polar surface area (TPSA) is 32.3 Å². The van der Waals surface area contributed by atoms with Crippen LogP contribution in [0.1, 0.15) is 5.56 Å². The summed E-state index contributed by atoms with van der Waals surface area (Å²) in [5.74, 6) is -0.195. The van der Waals surface area contributed by atoms with Gasteiger partial charge in [0.05, 0.1) is 15.2 Å². The second-order valence-corrected chi connectivity index (χ2v) is 4.99. The molecule has 5 heteroatoms. The van der Waals surface area contributed by atoms with Crippen molar-refractivity contribution < 1.29 is 9.50 Å². The van der Waals surface area contributed by atoms with Crippen LogP contribution in [0.25, 0.3) is 0 Å². The molecule has 2 aromatic rings. The summed E-state index contributed by atoms with van der Waals surface area (Å²) in [4.78, 5) is 0. The van der Waals surface area contributed by atoms with Crippen LogP contribution < -0.4 is 5.32 Å². The van der Waals surface area contributed by atoms with Crippen LogP contribution in [0.2, 0.25) is 5.02 Å². The van der Waals surface area contributed by atoms with Crippen molar-refractivity contribution in [2.24, 2.45) is 0 Å². The number of hydrogen-bond donors (Lipinski definition) is 2. The third-order valence-corrected chi connectivity index (χ3v) is 3.42. The lowest BCUT2D eigenvalue weighted by Crippen LogP contribution is -2.00. The van der Waals surface area contributed by atoms with Crippen LogP contribution >= 0.6 is 27.5 Å². The van der Waals surface area contributed by atoms with E-state index < -0.39 is 0 Å². The van der Waals surface area contributed by atoms with Crippen molar-refractivity contribution in [3.63, 3.8) is 0 Å². The Balaban J connectivity index is 2.14.